The Morgan fingerprint density at radius 1 is 1.17 bits per heavy atom. The van der Waals surface area contributed by atoms with Crippen molar-refractivity contribution in [2.45, 2.75) is 20.0 Å². The fourth-order valence-electron chi connectivity index (χ4n) is 2.41. The zero-order valence-electron chi connectivity index (χ0n) is 13.0. The summed E-state index contributed by atoms with van der Waals surface area (Å²) in [6, 6.07) is 15.6. The van der Waals surface area contributed by atoms with Crippen molar-refractivity contribution in [3.63, 3.8) is 0 Å². The Bertz CT molecular complexity index is 793. The first kappa shape index (κ1) is 15.1. The van der Waals surface area contributed by atoms with Gasteiger partial charge in [-0.1, -0.05) is 30.3 Å². The van der Waals surface area contributed by atoms with Crippen molar-refractivity contribution in [2.75, 3.05) is 6.61 Å². The van der Waals surface area contributed by atoms with Crippen LogP contribution >= 0.6 is 0 Å². The predicted octanol–water partition coefficient (Wildman–Crippen LogP) is 2.75. The van der Waals surface area contributed by atoms with E-state index in [2.05, 4.69) is 10.4 Å². The van der Waals surface area contributed by atoms with Crippen molar-refractivity contribution in [3.8, 4) is 5.75 Å². The maximum Gasteiger partial charge on any atom is 0.242 e. The van der Waals surface area contributed by atoms with Gasteiger partial charge in [0.15, 0.2) is 0 Å². The number of para-hydroxylation sites is 1. The fraction of sp³-hybridized carbons (Fsp3) is 0.222. The van der Waals surface area contributed by atoms with Crippen molar-refractivity contribution in [2.24, 2.45) is 0 Å². The number of hydrogen-bond donors (Lipinski definition) is 1. The summed E-state index contributed by atoms with van der Waals surface area (Å²) >= 11 is 0. The Morgan fingerprint density at radius 3 is 2.74 bits per heavy atom. The predicted molar refractivity (Wildman–Crippen MR) is 89.2 cm³/mol. The van der Waals surface area contributed by atoms with E-state index in [1.54, 1.807) is 10.9 Å². The number of nitrogens with one attached hydrogen (secondary N) is 1. The summed E-state index contributed by atoms with van der Waals surface area (Å²) in [6.45, 7) is 3.30. The van der Waals surface area contributed by atoms with Crippen molar-refractivity contribution in [1.29, 1.82) is 0 Å². The molecule has 0 bridgehead atoms. The lowest BCUT2D eigenvalue weighted by atomic mass is 10.2. The van der Waals surface area contributed by atoms with Crippen molar-refractivity contribution in [1.82, 2.24) is 15.1 Å². The van der Waals surface area contributed by atoms with Gasteiger partial charge in [-0.15, -0.1) is 0 Å². The summed E-state index contributed by atoms with van der Waals surface area (Å²) in [7, 11) is 0. The number of ether oxygens (including phenoxy) is 1. The van der Waals surface area contributed by atoms with Gasteiger partial charge in [0.1, 0.15) is 12.3 Å². The first-order chi connectivity index (χ1) is 11.3. The molecular weight excluding hydrogens is 290 g/mol. The standard InChI is InChI=1S/C18H19N3O2/c1-2-23-16-9-7-14(8-10-16)11-19-18(22)13-21-17-6-4-3-5-15(17)12-20-21/h3-10,12H,2,11,13H2,1H3,(H,19,22). The highest BCUT2D eigenvalue weighted by molar-refractivity contribution is 5.81. The molecule has 0 atom stereocenters. The molecule has 3 rings (SSSR count). The minimum atomic E-state index is -0.0623. The van der Waals surface area contributed by atoms with Gasteiger partial charge in [0.2, 0.25) is 5.91 Å². The zero-order chi connectivity index (χ0) is 16.1. The molecule has 23 heavy (non-hydrogen) atoms. The molecule has 0 aliphatic heterocycles. The minimum Gasteiger partial charge on any atom is -0.494 e. The number of rotatable bonds is 6. The number of fused-ring (bicyclic) bond motifs is 1. The van der Waals surface area contributed by atoms with Gasteiger partial charge in [-0.05, 0) is 30.7 Å². The molecule has 1 amide bonds. The van der Waals surface area contributed by atoms with Crippen LogP contribution in [-0.2, 0) is 17.9 Å². The lowest BCUT2D eigenvalue weighted by Crippen LogP contribution is -2.27. The number of hydrogen-bond acceptors (Lipinski definition) is 3. The van der Waals surface area contributed by atoms with E-state index in [0.29, 0.717) is 13.2 Å². The molecule has 2 aromatic carbocycles. The number of amides is 1. The Kier molecular flexibility index (Phi) is 4.57. The molecule has 0 fully saturated rings. The minimum absolute atomic E-state index is 0.0623. The summed E-state index contributed by atoms with van der Waals surface area (Å²) in [5.74, 6) is 0.776. The highest BCUT2D eigenvalue weighted by Gasteiger charge is 2.07. The maximum absolute atomic E-state index is 12.1. The first-order valence-electron chi connectivity index (χ1n) is 7.65. The maximum atomic E-state index is 12.1. The number of nitrogens with zero attached hydrogens (tertiary/aromatic N) is 2. The molecule has 118 valence electrons. The van der Waals surface area contributed by atoms with Crippen LogP contribution < -0.4 is 10.1 Å². The first-order valence-corrected chi connectivity index (χ1v) is 7.65. The molecule has 5 heteroatoms. The van der Waals surface area contributed by atoms with Crippen molar-refractivity contribution in [3.05, 3.63) is 60.3 Å². The van der Waals surface area contributed by atoms with E-state index in [0.717, 1.165) is 22.2 Å². The topological polar surface area (TPSA) is 56.1 Å². The third-order valence-corrected chi connectivity index (χ3v) is 3.57. The second-order valence-corrected chi connectivity index (χ2v) is 5.21. The van der Waals surface area contributed by atoms with Crippen LogP contribution in [0, 0.1) is 0 Å². The molecule has 0 aliphatic rings. The zero-order valence-corrected chi connectivity index (χ0v) is 13.0. The van der Waals surface area contributed by atoms with Crippen LogP contribution in [0.4, 0.5) is 0 Å². The molecule has 1 heterocycles. The molecule has 0 unspecified atom stereocenters. The van der Waals surface area contributed by atoms with Gasteiger partial charge in [0.25, 0.3) is 0 Å². The van der Waals surface area contributed by atoms with Gasteiger partial charge in [-0.25, -0.2) is 0 Å². The molecule has 0 spiro atoms. The van der Waals surface area contributed by atoms with Gasteiger partial charge < -0.3 is 10.1 Å². The van der Waals surface area contributed by atoms with Crippen molar-refractivity contribution < 1.29 is 9.53 Å². The van der Waals surface area contributed by atoms with Gasteiger partial charge in [-0.2, -0.15) is 5.10 Å². The van der Waals surface area contributed by atoms with E-state index >= 15 is 0 Å². The van der Waals surface area contributed by atoms with Gasteiger partial charge in [-0.3, -0.25) is 9.48 Å². The van der Waals surface area contributed by atoms with Crippen LogP contribution in [0.15, 0.2) is 54.7 Å². The lowest BCUT2D eigenvalue weighted by molar-refractivity contribution is -0.121. The van der Waals surface area contributed by atoms with E-state index in [9.17, 15) is 4.79 Å². The Balaban J connectivity index is 1.57. The van der Waals surface area contributed by atoms with E-state index in [1.807, 2.05) is 55.5 Å². The van der Waals surface area contributed by atoms with Crippen LogP contribution in [0.1, 0.15) is 12.5 Å². The van der Waals surface area contributed by atoms with E-state index in [1.165, 1.54) is 0 Å². The monoisotopic (exact) mass is 309 g/mol. The molecule has 0 saturated carbocycles. The summed E-state index contributed by atoms with van der Waals surface area (Å²) in [5.41, 5.74) is 2.00. The molecule has 0 radical (unpaired) electrons. The van der Waals surface area contributed by atoms with E-state index in [4.69, 9.17) is 4.74 Å². The Morgan fingerprint density at radius 2 is 1.96 bits per heavy atom. The summed E-state index contributed by atoms with van der Waals surface area (Å²) in [4.78, 5) is 12.1. The SMILES string of the molecule is CCOc1ccc(CNC(=O)Cn2ncc3ccccc32)cc1. The molecular formula is C18H19N3O2. The number of carbonyl (C=O) groups is 1. The molecule has 0 saturated heterocycles. The summed E-state index contributed by atoms with van der Waals surface area (Å²) < 4.78 is 7.11. The highest BCUT2D eigenvalue weighted by Crippen LogP contribution is 2.13. The Hall–Kier alpha value is -2.82. The van der Waals surface area contributed by atoms with E-state index in [-0.39, 0.29) is 12.5 Å². The number of benzene rings is 2. The number of carbonyl (C=O) groups excluding carboxylic acids is 1. The summed E-state index contributed by atoms with van der Waals surface area (Å²) in [6.07, 6.45) is 1.77. The van der Waals surface area contributed by atoms with Crippen LogP contribution in [0.25, 0.3) is 10.9 Å². The molecule has 1 aromatic heterocycles. The van der Waals surface area contributed by atoms with Crippen molar-refractivity contribution >= 4 is 16.8 Å². The van der Waals surface area contributed by atoms with Crippen LogP contribution in [-0.4, -0.2) is 22.3 Å². The van der Waals surface area contributed by atoms with Crippen LogP contribution in [0.2, 0.25) is 0 Å². The second kappa shape index (κ2) is 6.96. The second-order valence-electron chi connectivity index (χ2n) is 5.21. The largest absolute Gasteiger partial charge is 0.494 e. The van der Waals surface area contributed by atoms with Crippen LogP contribution in [0.5, 0.6) is 5.75 Å². The number of aromatic nitrogens is 2. The van der Waals surface area contributed by atoms with Gasteiger partial charge >= 0.3 is 0 Å². The third-order valence-electron chi connectivity index (χ3n) is 3.57. The normalized spacial score (nSPS) is 10.7. The smallest absolute Gasteiger partial charge is 0.242 e. The average molecular weight is 309 g/mol. The lowest BCUT2D eigenvalue weighted by Gasteiger charge is -2.08. The molecule has 1 N–H and O–H groups in total. The summed E-state index contributed by atoms with van der Waals surface area (Å²) in [5, 5.41) is 8.21. The van der Waals surface area contributed by atoms with E-state index < -0.39 is 0 Å². The van der Waals surface area contributed by atoms with Gasteiger partial charge in [0.05, 0.1) is 18.3 Å². The quantitative estimate of drug-likeness (QED) is 0.762. The Labute approximate surface area is 134 Å². The molecule has 5 nitrogen and oxygen atoms in total. The fourth-order valence-corrected chi connectivity index (χ4v) is 2.41. The van der Waals surface area contributed by atoms with Crippen LogP contribution in [0.3, 0.4) is 0 Å². The molecule has 3 aromatic rings. The average Bonchev–Trinajstić information content (AvgIpc) is 2.98. The van der Waals surface area contributed by atoms with Gasteiger partial charge in [0, 0.05) is 11.9 Å². The molecule has 0 aliphatic carbocycles. The third kappa shape index (κ3) is 3.69. The highest BCUT2D eigenvalue weighted by atomic mass is 16.5.